The van der Waals surface area contributed by atoms with E-state index in [1.165, 1.54) is 0 Å². The molecule has 2 aromatic carbocycles. The van der Waals surface area contributed by atoms with Crippen LogP contribution in [0.1, 0.15) is 23.2 Å². The van der Waals surface area contributed by atoms with Crippen LogP contribution in [0.5, 0.6) is 11.5 Å². The standard InChI is InChI=1S/C21H23NO4/c1-25-18-11-17(12-19(13-18)26-2)15-6-5-7-16(10-15)20(24)22-21(14-23)8-3-4-9-21/h3-7,10-13,23H,8-9,14H2,1-2H3,(H,22,24). The number of amides is 1. The highest BCUT2D eigenvalue weighted by molar-refractivity contribution is 5.96. The molecule has 2 aromatic rings. The molecule has 1 aliphatic rings. The number of methoxy groups -OCH3 is 2. The molecular weight excluding hydrogens is 330 g/mol. The number of ether oxygens (including phenoxy) is 2. The molecule has 5 nitrogen and oxygen atoms in total. The van der Waals surface area contributed by atoms with Gasteiger partial charge in [-0.25, -0.2) is 0 Å². The average molecular weight is 353 g/mol. The lowest BCUT2D eigenvalue weighted by Crippen LogP contribution is -2.49. The normalized spacial score (nSPS) is 14.9. The molecule has 0 radical (unpaired) electrons. The zero-order valence-electron chi connectivity index (χ0n) is 15.0. The van der Waals surface area contributed by atoms with Crippen LogP contribution in [0, 0.1) is 0 Å². The Balaban J connectivity index is 1.87. The van der Waals surface area contributed by atoms with Crippen molar-refractivity contribution in [3.05, 3.63) is 60.2 Å². The van der Waals surface area contributed by atoms with Crippen molar-refractivity contribution in [1.29, 1.82) is 0 Å². The van der Waals surface area contributed by atoms with Crippen LogP contribution in [0.3, 0.4) is 0 Å². The van der Waals surface area contributed by atoms with Crippen LogP contribution in [-0.2, 0) is 0 Å². The van der Waals surface area contributed by atoms with Gasteiger partial charge in [0.1, 0.15) is 11.5 Å². The monoisotopic (exact) mass is 353 g/mol. The molecule has 1 aliphatic carbocycles. The lowest BCUT2D eigenvalue weighted by atomic mass is 9.96. The van der Waals surface area contributed by atoms with Gasteiger partial charge in [0, 0.05) is 11.6 Å². The third-order valence-corrected chi connectivity index (χ3v) is 4.67. The Morgan fingerprint density at radius 2 is 1.69 bits per heavy atom. The number of nitrogens with one attached hydrogen (secondary N) is 1. The van der Waals surface area contributed by atoms with E-state index in [1.807, 2.05) is 42.5 Å². The number of rotatable bonds is 6. The predicted molar refractivity (Wildman–Crippen MR) is 101 cm³/mol. The van der Waals surface area contributed by atoms with Crippen LogP contribution in [0.4, 0.5) is 0 Å². The molecule has 0 saturated carbocycles. The molecule has 0 heterocycles. The lowest BCUT2D eigenvalue weighted by molar-refractivity contribution is 0.0845. The van der Waals surface area contributed by atoms with Crippen LogP contribution >= 0.6 is 0 Å². The summed E-state index contributed by atoms with van der Waals surface area (Å²) in [7, 11) is 3.21. The predicted octanol–water partition coefficient (Wildman–Crippen LogP) is 3.18. The number of carbonyl (C=O) groups excluding carboxylic acids is 1. The molecule has 2 N–H and O–H groups in total. The van der Waals surface area contributed by atoms with Crippen molar-refractivity contribution in [1.82, 2.24) is 5.32 Å². The quantitative estimate of drug-likeness (QED) is 0.783. The van der Waals surface area contributed by atoms with Gasteiger partial charge in [0.15, 0.2) is 0 Å². The van der Waals surface area contributed by atoms with E-state index in [0.29, 0.717) is 29.9 Å². The van der Waals surface area contributed by atoms with E-state index in [0.717, 1.165) is 11.1 Å². The van der Waals surface area contributed by atoms with Gasteiger partial charge in [0.2, 0.25) is 0 Å². The van der Waals surface area contributed by atoms with Crippen LogP contribution in [0.25, 0.3) is 11.1 Å². The highest BCUT2D eigenvalue weighted by Gasteiger charge is 2.32. The number of carbonyl (C=O) groups is 1. The molecular formula is C21H23NO4. The van der Waals surface area contributed by atoms with E-state index >= 15 is 0 Å². The molecule has 0 bridgehead atoms. The van der Waals surface area contributed by atoms with E-state index in [2.05, 4.69) is 5.32 Å². The highest BCUT2D eigenvalue weighted by Crippen LogP contribution is 2.30. The molecule has 0 atom stereocenters. The SMILES string of the molecule is COc1cc(OC)cc(-c2cccc(C(=O)NC3(CO)CC=CC3)c2)c1. The smallest absolute Gasteiger partial charge is 0.251 e. The molecule has 5 heteroatoms. The molecule has 3 rings (SSSR count). The topological polar surface area (TPSA) is 67.8 Å². The molecule has 0 saturated heterocycles. The van der Waals surface area contributed by atoms with Crippen molar-refractivity contribution < 1.29 is 19.4 Å². The van der Waals surface area contributed by atoms with Gasteiger partial charge in [-0.2, -0.15) is 0 Å². The van der Waals surface area contributed by atoms with Gasteiger partial charge in [-0.05, 0) is 48.2 Å². The fraction of sp³-hybridized carbons (Fsp3) is 0.286. The third kappa shape index (κ3) is 3.73. The summed E-state index contributed by atoms with van der Waals surface area (Å²) in [6.45, 7) is -0.0848. The van der Waals surface area contributed by atoms with Gasteiger partial charge >= 0.3 is 0 Å². The Hall–Kier alpha value is -2.79. The Bertz CT molecular complexity index is 798. The van der Waals surface area contributed by atoms with E-state index in [9.17, 15) is 9.90 Å². The fourth-order valence-corrected chi connectivity index (χ4v) is 3.10. The lowest BCUT2D eigenvalue weighted by Gasteiger charge is -2.28. The zero-order valence-corrected chi connectivity index (χ0v) is 15.0. The van der Waals surface area contributed by atoms with Crippen molar-refractivity contribution in [2.75, 3.05) is 20.8 Å². The third-order valence-electron chi connectivity index (χ3n) is 4.67. The number of aliphatic hydroxyl groups excluding tert-OH is 1. The van der Waals surface area contributed by atoms with Crippen LogP contribution < -0.4 is 14.8 Å². The molecule has 26 heavy (non-hydrogen) atoms. The number of hydrogen-bond acceptors (Lipinski definition) is 4. The minimum Gasteiger partial charge on any atom is -0.497 e. The molecule has 0 fully saturated rings. The second kappa shape index (κ2) is 7.62. The van der Waals surface area contributed by atoms with Gasteiger partial charge in [-0.3, -0.25) is 4.79 Å². The maximum absolute atomic E-state index is 12.7. The molecule has 0 aromatic heterocycles. The summed E-state index contributed by atoms with van der Waals surface area (Å²) in [5.74, 6) is 1.18. The first-order chi connectivity index (χ1) is 12.6. The van der Waals surface area contributed by atoms with Gasteiger partial charge in [-0.15, -0.1) is 0 Å². The minimum absolute atomic E-state index is 0.0848. The van der Waals surface area contributed by atoms with Crippen molar-refractivity contribution in [2.45, 2.75) is 18.4 Å². The summed E-state index contributed by atoms with van der Waals surface area (Å²) in [5, 5.41) is 12.7. The van der Waals surface area contributed by atoms with E-state index in [4.69, 9.17) is 9.47 Å². The highest BCUT2D eigenvalue weighted by atomic mass is 16.5. The molecule has 136 valence electrons. The second-order valence-electron chi connectivity index (χ2n) is 6.45. The number of hydrogen-bond donors (Lipinski definition) is 2. The maximum Gasteiger partial charge on any atom is 0.251 e. The Morgan fingerprint density at radius 3 is 2.27 bits per heavy atom. The fourth-order valence-electron chi connectivity index (χ4n) is 3.10. The summed E-state index contributed by atoms with van der Waals surface area (Å²) in [4.78, 5) is 12.7. The average Bonchev–Trinajstić information content (AvgIpc) is 3.16. The molecule has 0 aliphatic heterocycles. The first-order valence-electron chi connectivity index (χ1n) is 8.51. The van der Waals surface area contributed by atoms with E-state index in [-0.39, 0.29) is 12.5 Å². The van der Waals surface area contributed by atoms with Gasteiger partial charge in [0.25, 0.3) is 5.91 Å². The van der Waals surface area contributed by atoms with Crippen molar-refractivity contribution in [3.63, 3.8) is 0 Å². The molecule has 0 spiro atoms. The summed E-state index contributed by atoms with van der Waals surface area (Å²) >= 11 is 0. The Kier molecular flexibility index (Phi) is 5.28. The summed E-state index contributed by atoms with van der Waals surface area (Å²) in [6.07, 6.45) is 5.24. The second-order valence-corrected chi connectivity index (χ2v) is 6.45. The summed E-state index contributed by atoms with van der Waals surface area (Å²) in [6, 6.07) is 13.0. The van der Waals surface area contributed by atoms with Gasteiger partial charge in [0.05, 0.1) is 26.4 Å². The van der Waals surface area contributed by atoms with E-state index in [1.54, 1.807) is 26.4 Å². The van der Waals surface area contributed by atoms with E-state index < -0.39 is 5.54 Å². The van der Waals surface area contributed by atoms with Crippen LogP contribution in [-0.4, -0.2) is 37.4 Å². The minimum atomic E-state index is -0.591. The number of benzene rings is 2. The van der Waals surface area contributed by atoms with Crippen molar-refractivity contribution in [2.24, 2.45) is 0 Å². The summed E-state index contributed by atoms with van der Waals surface area (Å²) < 4.78 is 10.6. The first kappa shape index (κ1) is 18.0. The summed E-state index contributed by atoms with van der Waals surface area (Å²) in [5.41, 5.74) is 1.74. The van der Waals surface area contributed by atoms with Crippen molar-refractivity contribution in [3.8, 4) is 22.6 Å². The number of aliphatic hydroxyl groups is 1. The zero-order chi connectivity index (χ0) is 18.6. The van der Waals surface area contributed by atoms with Crippen molar-refractivity contribution >= 4 is 5.91 Å². The van der Waals surface area contributed by atoms with Gasteiger partial charge in [-0.1, -0.05) is 24.3 Å². The first-order valence-corrected chi connectivity index (χ1v) is 8.51. The molecule has 1 amide bonds. The van der Waals surface area contributed by atoms with Gasteiger partial charge < -0.3 is 19.9 Å². The molecule has 0 unspecified atom stereocenters. The van der Waals surface area contributed by atoms with Crippen LogP contribution in [0.15, 0.2) is 54.6 Å². The van der Waals surface area contributed by atoms with Crippen LogP contribution in [0.2, 0.25) is 0 Å². The Morgan fingerprint density at radius 1 is 1.04 bits per heavy atom. The Labute approximate surface area is 153 Å². The largest absolute Gasteiger partial charge is 0.497 e. The maximum atomic E-state index is 12.7.